The Kier molecular flexibility index (Phi) is 2.65. The molecule has 0 amide bonds. The van der Waals surface area contributed by atoms with Gasteiger partial charge in [-0.1, -0.05) is 72.8 Å². The van der Waals surface area contributed by atoms with Crippen LogP contribution in [0.1, 0.15) is 11.1 Å². The van der Waals surface area contributed by atoms with Gasteiger partial charge in [0.1, 0.15) is 0 Å². The van der Waals surface area contributed by atoms with Gasteiger partial charge in [0, 0.05) is 10.9 Å². The molecule has 0 fully saturated rings. The van der Waals surface area contributed by atoms with Crippen molar-refractivity contribution in [2.24, 2.45) is 5.73 Å². The molecule has 0 radical (unpaired) electrons. The first-order chi connectivity index (χ1) is 10.3. The quantitative estimate of drug-likeness (QED) is 0.563. The molecule has 0 heterocycles. The molecule has 0 aromatic heterocycles. The van der Waals surface area contributed by atoms with Crippen LogP contribution in [0.4, 0.5) is 0 Å². The van der Waals surface area contributed by atoms with E-state index in [1.165, 1.54) is 21.2 Å². The first-order valence-electron chi connectivity index (χ1n) is 7.10. The molecule has 21 heavy (non-hydrogen) atoms. The number of rotatable bonds is 1. The molecule has 3 aromatic carbocycles. The third-order valence-corrected chi connectivity index (χ3v) is 4.01. The molecule has 0 spiro atoms. The average molecular weight is 269 g/mol. The largest absolute Gasteiger partial charge is 0.398 e. The summed E-state index contributed by atoms with van der Waals surface area (Å²) in [7, 11) is 0. The van der Waals surface area contributed by atoms with E-state index in [-0.39, 0.29) is 0 Å². The summed E-state index contributed by atoms with van der Waals surface area (Å²) in [6.45, 7) is 0. The second-order valence-corrected chi connectivity index (χ2v) is 5.28. The van der Waals surface area contributed by atoms with E-state index in [1.54, 1.807) is 0 Å². The molecule has 1 aliphatic carbocycles. The Hall–Kier alpha value is -2.80. The monoisotopic (exact) mass is 269 g/mol. The van der Waals surface area contributed by atoms with Gasteiger partial charge in [0.2, 0.25) is 0 Å². The maximum Gasteiger partial charge on any atom is 0.0467 e. The number of benzene rings is 3. The van der Waals surface area contributed by atoms with Crippen molar-refractivity contribution in [3.8, 4) is 0 Å². The lowest BCUT2D eigenvalue weighted by molar-refractivity contribution is 1.38. The minimum Gasteiger partial charge on any atom is -0.398 e. The van der Waals surface area contributed by atoms with Crippen LogP contribution < -0.4 is 16.2 Å². The molecule has 2 N–H and O–H groups in total. The molecule has 0 atom stereocenters. The van der Waals surface area contributed by atoms with Gasteiger partial charge in [0.25, 0.3) is 0 Å². The molecule has 0 bridgehead atoms. The highest BCUT2D eigenvalue weighted by Crippen LogP contribution is 2.09. The topological polar surface area (TPSA) is 26.0 Å². The number of hydrogen-bond acceptors (Lipinski definition) is 1. The number of nitrogens with two attached hydrogens (primary N) is 1. The molecule has 1 nitrogen and oxygen atoms in total. The van der Waals surface area contributed by atoms with Crippen LogP contribution in [-0.2, 0) is 0 Å². The first kappa shape index (κ1) is 12.0. The number of hydrogen-bond donors (Lipinski definition) is 1. The summed E-state index contributed by atoms with van der Waals surface area (Å²) in [6.07, 6.45) is 2.23. The second-order valence-electron chi connectivity index (χ2n) is 5.28. The van der Waals surface area contributed by atoms with Crippen molar-refractivity contribution < 1.29 is 0 Å². The Morgan fingerprint density at radius 2 is 1.48 bits per heavy atom. The Bertz CT molecular complexity index is 1030. The van der Waals surface area contributed by atoms with Gasteiger partial charge >= 0.3 is 0 Å². The highest BCUT2D eigenvalue weighted by molar-refractivity contribution is 5.65. The van der Waals surface area contributed by atoms with E-state index in [9.17, 15) is 0 Å². The molecule has 0 aliphatic heterocycles. The molecular formula is C20H15N. The highest BCUT2D eigenvalue weighted by Gasteiger charge is 2.05. The van der Waals surface area contributed by atoms with E-state index >= 15 is 0 Å². The SMILES string of the molecule is NC(c1ccccc1)=c1cccc2c1=c1ccccc1=C2. The summed E-state index contributed by atoms with van der Waals surface area (Å²) in [5.74, 6) is 0. The second kappa shape index (κ2) is 4.64. The smallest absolute Gasteiger partial charge is 0.0467 e. The third kappa shape index (κ3) is 1.86. The first-order valence-corrected chi connectivity index (χ1v) is 7.10. The van der Waals surface area contributed by atoms with Crippen molar-refractivity contribution >= 4 is 11.8 Å². The molecular weight excluding hydrogens is 254 g/mol. The van der Waals surface area contributed by atoms with E-state index in [2.05, 4.69) is 60.7 Å². The van der Waals surface area contributed by atoms with Gasteiger partial charge in [-0.3, -0.25) is 0 Å². The average Bonchev–Trinajstić information content (AvgIpc) is 2.93. The van der Waals surface area contributed by atoms with Gasteiger partial charge in [0.15, 0.2) is 0 Å². The van der Waals surface area contributed by atoms with Gasteiger partial charge in [-0.15, -0.1) is 0 Å². The fourth-order valence-electron chi connectivity index (χ4n) is 3.01. The van der Waals surface area contributed by atoms with E-state index in [4.69, 9.17) is 5.73 Å². The van der Waals surface area contributed by atoms with Crippen molar-refractivity contribution in [2.75, 3.05) is 0 Å². The van der Waals surface area contributed by atoms with Crippen LogP contribution in [0.2, 0.25) is 0 Å². The van der Waals surface area contributed by atoms with Crippen LogP contribution in [0.25, 0.3) is 11.8 Å². The molecule has 1 aliphatic rings. The van der Waals surface area contributed by atoms with Crippen LogP contribution >= 0.6 is 0 Å². The highest BCUT2D eigenvalue weighted by atomic mass is 14.6. The summed E-state index contributed by atoms with van der Waals surface area (Å²) >= 11 is 0. The summed E-state index contributed by atoms with van der Waals surface area (Å²) in [5, 5.41) is 4.89. The predicted molar refractivity (Wildman–Crippen MR) is 86.5 cm³/mol. The van der Waals surface area contributed by atoms with Gasteiger partial charge < -0.3 is 5.73 Å². The number of fused-ring (bicyclic) bond motifs is 2. The minimum absolute atomic E-state index is 0.831. The zero-order valence-electron chi connectivity index (χ0n) is 11.6. The van der Waals surface area contributed by atoms with Crippen molar-refractivity contribution in [1.82, 2.24) is 0 Å². The molecule has 0 saturated heterocycles. The molecule has 4 rings (SSSR count). The lowest BCUT2D eigenvalue weighted by Gasteiger charge is -2.03. The van der Waals surface area contributed by atoms with E-state index in [0.29, 0.717) is 0 Å². The van der Waals surface area contributed by atoms with Crippen molar-refractivity contribution in [2.45, 2.75) is 0 Å². The summed E-state index contributed by atoms with van der Waals surface area (Å²) in [6, 6.07) is 25.0. The fourth-order valence-corrected chi connectivity index (χ4v) is 3.01. The fraction of sp³-hybridized carbons (Fsp3) is 0. The Morgan fingerprint density at radius 1 is 0.714 bits per heavy atom. The minimum atomic E-state index is 0.831. The lowest BCUT2D eigenvalue weighted by Crippen LogP contribution is -2.16. The summed E-state index contributed by atoms with van der Waals surface area (Å²) in [5.41, 5.74) is 9.59. The standard InChI is InChI=1S/C20H15N/c21-20(14-7-2-1-3-8-14)18-12-6-10-16-13-15-9-4-5-11-17(15)19(16)18/h1-13H,21H2. The van der Waals surface area contributed by atoms with Crippen molar-refractivity contribution in [1.29, 1.82) is 0 Å². The van der Waals surface area contributed by atoms with Crippen LogP contribution in [0.15, 0.2) is 72.8 Å². The summed E-state index contributed by atoms with van der Waals surface area (Å²) in [4.78, 5) is 0. The maximum atomic E-state index is 6.45. The van der Waals surface area contributed by atoms with E-state index in [0.717, 1.165) is 16.5 Å². The maximum absolute atomic E-state index is 6.45. The Balaban J connectivity index is 2.22. The zero-order valence-corrected chi connectivity index (χ0v) is 11.6. The van der Waals surface area contributed by atoms with Crippen molar-refractivity contribution in [3.63, 3.8) is 0 Å². The van der Waals surface area contributed by atoms with Crippen LogP contribution in [-0.4, -0.2) is 0 Å². The summed E-state index contributed by atoms with van der Waals surface area (Å²) < 4.78 is 0. The predicted octanol–water partition coefficient (Wildman–Crippen LogP) is 2.23. The van der Waals surface area contributed by atoms with E-state index in [1.807, 2.05) is 18.2 Å². The van der Waals surface area contributed by atoms with Gasteiger partial charge in [-0.2, -0.15) is 0 Å². The zero-order chi connectivity index (χ0) is 14.2. The van der Waals surface area contributed by atoms with Crippen LogP contribution in [0, 0.1) is 10.4 Å². The third-order valence-electron chi connectivity index (χ3n) is 4.01. The molecule has 1 heteroatoms. The van der Waals surface area contributed by atoms with E-state index < -0.39 is 0 Å². The molecule has 100 valence electrons. The molecule has 3 aromatic rings. The normalized spacial score (nSPS) is 13.1. The molecule has 0 unspecified atom stereocenters. The van der Waals surface area contributed by atoms with Gasteiger partial charge in [0.05, 0.1) is 0 Å². The van der Waals surface area contributed by atoms with Crippen LogP contribution in [0.5, 0.6) is 0 Å². The Labute approximate surface area is 123 Å². The lowest BCUT2D eigenvalue weighted by atomic mass is 10.1. The Morgan fingerprint density at radius 3 is 2.33 bits per heavy atom. The molecule has 0 saturated carbocycles. The van der Waals surface area contributed by atoms with Crippen LogP contribution in [0.3, 0.4) is 0 Å². The van der Waals surface area contributed by atoms with Crippen molar-refractivity contribution in [3.05, 3.63) is 105 Å². The van der Waals surface area contributed by atoms with Gasteiger partial charge in [-0.25, -0.2) is 0 Å². The van der Waals surface area contributed by atoms with Gasteiger partial charge in [-0.05, 0) is 32.9 Å².